The molecule has 1 aliphatic carbocycles. The first kappa shape index (κ1) is 19.2. The molecule has 9 heteroatoms. The molecule has 144 valence electrons. The van der Waals surface area contributed by atoms with Gasteiger partial charge in [0.25, 0.3) is 5.22 Å². The first-order valence-corrected chi connectivity index (χ1v) is 9.69. The molecule has 1 heterocycles. The van der Waals surface area contributed by atoms with Gasteiger partial charge in [0.05, 0.1) is 12.4 Å². The Bertz CT molecular complexity index is 787. The van der Waals surface area contributed by atoms with E-state index in [1.807, 2.05) is 12.1 Å². The average molecular weight is 390 g/mol. The number of hydrogen-bond donors (Lipinski definition) is 2. The van der Waals surface area contributed by atoms with Crippen LogP contribution in [0.25, 0.3) is 11.5 Å². The molecule has 3 amide bonds. The van der Waals surface area contributed by atoms with Gasteiger partial charge in [-0.1, -0.05) is 24.6 Å². The highest BCUT2D eigenvalue weighted by Crippen LogP contribution is 2.27. The number of ether oxygens (including phenoxy) is 1. The second-order valence-electron chi connectivity index (χ2n) is 6.31. The van der Waals surface area contributed by atoms with Gasteiger partial charge in [-0.2, -0.15) is 0 Å². The molecule has 0 radical (unpaired) electrons. The number of thioether (sulfide) groups is 1. The number of rotatable bonds is 6. The van der Waals surface area contributed by atoms with Crippen LogP contribution < -0.4 is 15.4 Å². The van der Waals surface area contributed by atoms with Crippen molar-refractivity contribution >= 4 is 23.7 Å². The normalized spacial score (nSPS) is 15.3. The number of carbonyl (C=O) groups excluding carboxylic acids is 2. The minimum absolute atomic E-state index is 0.156. The number of benzene rings is 1. The number of carbonyl (C=O) groups is 2. The minimum Gasteiger partial charge on any atom is -0.497 e. The molecule has 1 atom stereocenters. The molecule has 2 N–H and O–H groups in total. The Kier molecular flexibility index (Phi) is 6.33. The van der Waals surface area contributed by atoms with Crippen LogP contribution in [0.2, 0.25) is 0 Å². The van der Waals surface area contributed by atoms with Crippen LogP contribution >= 0.6 is 11.8 Å². The Morgan fingerprint density at radius 3 is 2.59 bits per heavy atom. The lowest BCUT2D eigenvalue weighted by Crippen LogP contribution is -2.45. The van der Waals surface area contributed by atoms with Crippen molar-refractivity contribution in [2.24, 2.45) is 0 Å². The van der Waals surface area contributed by atoms with E-state index in [2.05, 4.69) is 20.8 Å². The number of amides is 3. The third-order valence-corrected chi connectivity index (χ3v) is 5.25. The molecule has 1 aliphatic rings. The van der Waals surface area contributed by atoms with Crippen LogP contribution in [0.3, 0.4) is 0 Å². The predicted molar refractivity (Wildman–Crippen MR) is 101 cm³/mol. The van der Waals surface area contributed by atoms with Crippen LogP contribution in [0, 0.1) is 0 Å². The van der Waals surface area contributed by atoms with Crippen molar-refractivity contribution < 1.29 is 18.7 Å². The lowest BCUT2D eigenvalue weighted by atomic mass is 10.2. The zero-order chi connectivity index (χ0) is 19.2. The van der Waals surface area contributed by atoms with Crippen LogP contribution in [0.4, 0.5) is 4.79 Å². The summed E-state index contributed by atoms with van der Waals surface area (Å²) in [7, 11) is 1.59. The lowest BCUT2D eigenvalue weighted by Gasteiger charge is -2.13. The van der Waals surface area contributed by atoms with E-state index < -0.39 is 17.2 Å². The van der Waals surface area contributed by atoms with E-state index in [4.69, 9.17) is 9.15 Å². The Hall–Kier alpha value is -2.55. The summed E-state index contributed by atoms with van der Waals surface area (Å²) in [5.74, 6) is 0.681. The highest BCUT2D eigenvalue weighted by Gasteiger charge is 2.22. The van der Waals surface area contributed by atoms with Gasteiger partial charge in [0.1, 0.15) is 5.75 Å². The summed E-state index contributed by atoms with van der Waals surface area (Å²) < 4.78 is 10.7. The summed E-state index contributed by atoms with van der Waals surface area (Å²) in [6, 6.07) is 6.92. The minimum atomic E-state index is -0.552. The number of urea groups is 1. The molecule has 0 spiro atoms. The van der Waals surface area contributed by atoms with E-state index in [0.717, 1.165) is 48.8 Å². The number of aromatic nitrogens is 2. The molecule has 1 aromatic carbocycles. The van der Waals surface area contributed by atoms with Gasteiger partial charge in [-0.15, -0.1) is 10.2 Å². The molecule has 1 saturated carbocycles. The number of nitrogens with zero attached hydrogens (tertiary/aromatic N) is 2. The molecule has 1 aromatic heterocycles. The van der Waals surface area contributed by atoms with Crippen molar-refractivity contribution in [3.05, 3.63) is 24.3 Å². The van der Waals surface area contributed by atoms with Crippen LogP contribution in [-0.2, 0) is 4.79 Å². The van der Waals surface area contributed by atoms with E-state index in [1.54, 1.807) is 26.2 Å². The van der Waals surface area contributed by atoms with E-state index in [-0.39, 0.29) is 11.3 Å². The van der Waals surface area contributed by atoms with Crippen LogP contribution in [0.5, 0.6) is 5.75 Å². The number of methoxy groups -OCH3 is 1. The Balaban J connectivity index is 1.52. The third kappa shape index (κ3) is 5.22. The summed E-state index contributed by atoms with van der Waals surface area (Å²) in [4.78, 5) is 24.1. The van der Waals surface area contributed by atoms with Gasteiger partial charge in [0.2, 0.25) is 11.8 Å². The Morgan fingerprint density at radius 1 is 1.22 bits per heavy atom. The first-order valence-electron chi connectivity index (χ1n) is 8.81. The standard InChI is InChI=1S/C18H22N4O4S/c1-11(15(23)20-17(24)19-13-5-3-4-6-13)27-18-22-21-16(26-18)12-7-9-14(25-2)10-8-12/h7-11,13H,3-6H2,1-2H3,(H2,19,20,23,24)/t11-/m1/s1. The zero-order valence-corrected chi connectivity index (χ0v) is 16.0. The van der Waals surface area contributed by atoms with Gasteiger partial charge >= 0.3 is 6.03 Å². The van der Waals surface area contributed by atoms with Gasteiger partial charge < -0.3 is 14.5 Å². The summed E-state index contributed by atoms with van der Waals surface area (Å²) in [6.07, 6.45) is 4.14. The number of hydrogen-bond acceptors (Lipinski definition) is 7. The fraction of sp³-hybridized carbons (Fsp3) is 0.444. The highest BCUT2D eigenvalue weighted by molar-refractivity contribution is 8.00. The predicted octanol–water partition coefficient (Wildman–Crippen LogP) is 2.99. The second kappa shape index (κ2) is 8.90. The highest BCUT2D eigenvalue weighted by atomic mass is 32.2. The molecule has 0 unspecified atom stereocenters. The van der Waals surface area contributed by atoms with Crippen molar-refractivity contribution in [3.8, 4) is 17.2 Å². The van der Waals surface area contributed by atoms with Crippen molar-refractivity contribution in [2.75, 3.05) is 7.11 Å². The third-order valence-electron chi connectivity index (χ3n) is 4.32. The average Bonchev–Trinajstić information content (AvgIpc) is 3.33. The maximum Gasteiger partial charge on any atom is 0.321 e. The van der Waals surface area contributed by atoms with Crippen molar-refractivity contribution in [1.29, 1.82) is 0 Å². The van der Waals surface area contributed by atoms with E-state index in [1.165, 1.54) is 0 Å². The van der Waals surface area contributed by atoms with E-state index in [9.17, 15) is 9.59 Å². The molecule has 8 nitrogen and oxygen atoms in total. The van der Waals surface area contributed by atoms with Crippen LogP contribution in [0.15, 0.2) is 33.9 Å². The van der Waals surface area contributed by atoms with Crippen molar-refractivity contribution in [2.45, 2.75) is 49.1 Å². The molecular formula is C18H22N4O4S. The first-order chi connectivity index (χ1) is 13.0. The lowest BCUT2D eigenvalue weighted by molar-refractivity contribution is -0.119. The summed E-state index contributed by atoms with van der Waals surface area (Å²) in [5.41, 5.74) is 0.753. The largest absolute Gasteiger partial charge is 0.497 e. The van der Waals surface area contributed by atoms with E-state index >= 15 is 0 Å². The SMILES string of the molecule is COc1ccc(-c2nnc(S[C@H](C)C(=O)NC(=O)NC3CCCC3)o2)cc1. The van der Waals surface area contributed by atoms with Crippen LogP contribution in [0.1, 0.15) is 32.6 Å². The zero-order valence-electron chi connectivity index (χ0n) is 15.2. The fourth-order valence-corrected chi connectivity index (χ4v) is 3.50. The molecule has 3 rings (SSSR count). The van der Waals surface area contributed by atoms with Crippen molar-refractivity contribution in [1.82, 2.24) is 20.8 Å². The topological polar surface area (TPSA) is 106 Å². The Morgan fingerprint density at radius 2 is 1.93 bits per heavy atom. The van der Waals surface area contributed by atoms with Gasteiger partial charge in [-0.05, 0) is 44.0 Å². The Labute approximate surface area is 161 Å². The molecule has 2 aromatic rings. The van der Waals surface area contributed by atoms with Gasteiger partial charge in [-0.3, -0.25) is 10.1 Å². The van der Waals surface area contributed by atoms with Crippen molar-refractivity contribution in [3.63, 3.8) is 0 Å². The molecule has 1 fully saturated rings. The second-order valence-corrected chi connectivity index (χ2v) is 7.60. The summed E-state index contributed by atoms with van der Waals surface area (Å²) in [5, 5.41) is 12.8. The van der Waals surface area contributed by atoms with E-state index in [0.29, 0.717) is 5.89 Å². The molecule has 0 bridgehead atoms. The van der Waals surface area contributed by atoms with Gasteiger partial charge in [0, 0.05) is 11.6 Å². The monoisotopic (exact) mass is 390 g/mol. The number of imide groups is 1. The molecular weight excluding hydrogens is 368 g/mol. The van der Waals surface area contributed by atoms with Gasteiger partial charge in [0.15, 0.2) is 0 Å². The van der Waals surface area contributed by atoms with Gasteiger partial charge in [-0.25, -0.2) is 4.79 Å². The quantitative estimate of drug-likeness (QED) is 0.730. The summed E-state index contributed by atoms with van der Waals surface area (Å²) in [6.45, 7) is 1.68. The van der Waals surface area contributed by atoms with Crippen LogP contribution in [-0.4, -0.2) is 40.5 Å². The number of nitrogens with one attached hydrogen (secondary N) is 2. The summed E-state index contributed by atoms with van der Waals surface area (Å²) >= 11 is 1.10. The fourth-order valence-electron chi connectivity index (χ4n) is 2.82. The molecule has 0 aliphatic heterocycles. The molecule has 0 saturated heterocycles. The maximum absolute atomic E-state index is 12.2. The molecule has 27 heavy (non-hydrogen) atoms. The smallest absolute Gasteiger partial charge is 0.321 e. The maximum atomic E-state index is 12.2.